The molecule has 2 atom stereocenters. The number of carbonyl (C=O) groups excluding carboxylic acids is 2. The van der Waals surface area contributed by atoms with Crippen molar-refractivity contribution >= 4 is 11.9 Å². The van der Waals surface area contributed by atoms with E-state index < -0.39 is 54.5 Å². The number of piperazine rings is 1. The van der Waals surface area contributed by atoms with Crippen molar-refractivity contribution < 1.29 is 45.1 Å². The molecule has 0 spiro atoms. The lowest BCUT2D eigenvalue weighted by atomic mass is 10.0. The van der Waals surface area contributed by atoms with Crippen molar-refractivity contribution in [3.05, 3.63) is 59.2 Å². The first kappa shape index (κ1) is 26.0. The van der Waals surface area contributed by atoms with Crippen LogP contribution < -0.4 is 15.4 Å². The number of nitrogens with one attached hydrogen (secondary N) is 2. The Balaban J connectivity index is 1.95. The Hall–Kier alpha value is -3.58. The molecule has 1 aromatic carbocycles. The van der Waals surface area contributed by atoms with Gasteiger partial charge in [0, 0.05) is 13.1 Å². The molecule has 3 rings (SSSR count). The van der Waals surface area contributed by atoms with Crippen molar-refractivity contribution in [1.29, 1.82) is 0 Å². The summed E-state index contributed by atoms with van der Waals surface area (Å²) in [6, 6.07) is 3.14. The van der Waals surface area contributed by atoms with E-state index in [2.05, 4.69) is 20.4 Å². The van der Waals surface area contributed by atoms with Crippen LogP contribution in [0.3, 0.4) is 0 Å². The number of carbonyl (C=O) groups is 2. The Morgan fingerprint density at radius 3 is 2.43 bits per heavy atom. The summed E-state index contributed by atoms with van der Waals surface area (Å²) < 4.78 is 95.2. The van der Waals surface area contributed by atoms with Gasteiger partial charge in [0.15, 0.2) is 18.1 Å². The maximum atomic E-state index is 13.8. The predicted octanol–water partition coefficient (Wildman–Crippen LogP) is 3.80. The van der Waals surface area contributed by atoms with Crippen LogP contribution in [0, 0.1) is 5.82 Å². The summed E-state index contributed by atoms with van der Waals surface area (Å²) in [5, 5.41) is 5.04. The van der Waals surface area contributed by atoms with E-state index in [4.69, 9.17) is 0 Å². The number of hydrogen-bond acceptors (Lipinski definition) is 4. The maximum absolute atomic E-state index is 13.8. The number of benzene rings is 1. The van der Waals surface area contributed by atoms with E-state index in [1.807, 2.05) is 0 Å². The third-order valence-corrected chi connectivity index (χ3v) is 5.08. The lowest BCUT2D eigenvalue weighted by Crippen LogP contribution is -2.58. The average Bonchev–Trinajstić information content (AvgIpc) is 2.77. The van der Waals surface area contributed by atoms with Gasteiger partial charge in [-0.15, -0.1) is 0 Å². The van der Waals surface area contributed by atoms with Crippen LogP contribution in [0.1, 0.15) is 29.9 Å². The van der Waals surface area contributed by atoms with Crippen LogP contribution in [0.25, 0.3) is 0 Å². The second-order valence-corrected chi connectivity index (χ2v) is 7.58. The Morgan fingerprint density at radius 2 is 1.83 bits per heavy atom. The van der Waals surface area contributed by atoms with Gasteiger partial charge in [-0.25, -0.2) is 14.2 Å². The number of nitrogens with zero attached hydrogens (tertiary/aromatic N) is 2. The highest BCUT2D eigenvalue weighted by Gasteiger charge is 2.38. The number of urea groups is 1. The standard InChI is InChI=1S/C21H19F7N4O3/c1-11-18(33)29-8-9-32(11)19(34)31-16(15-7-6-14(22)17(30-15)21(26,27)28)12-2-4-13(5-3-12)35-10-20(23,24)25/h2-7,11,16H,8-10H2,1H3,(H,29,33)(H,31,34)/t11-,16-/m1/s1. The summed E-state index contributed by atoms with van der Waals surface area (Å²) in [5.41, 5.74) is -2.06. The molecule has 2 heterocycles. The first-order valence-corrected chi connectivity index (χ1v) is 10.1. The fourth-order valence-electron chi connectivity index (χ4n) is 3.33. The van der Waals surface area contributed by atoms with Crippen molar-refractivity contribution in [2.24, 2.45) is 0 Å². The SMILES string of the molecule is C[C@@H]1C(=O)NCCN1C(=O)N[C@H](c1ccc(OCC(F)(F)F)cc1)c1ccc(F)c(C(F)(F)F)n1. The zero-order valence-corrected chi connectivity index (χ0v) is 18.0. The molecule has 3 amide bonds. The number of hydrogen-bond donors (Lipinski definition) is 2. The molecular weight excluding hydrogens is 489 g/mol. The van der Waals surface area contributed by atoms with Gasteiger partial charge in [-0.2, -0.15) is 26.3 Å². The van der Waals surface area contributed by atoms with E-state index in [1.165, 1.54) is 19.1 Å². The van der Waals surface area contributed by atoms with Gasteiger partial charge in [-0.3, -0.25) is 4.79 Å². The fourth-order valence-corrected chi connectivity index (χ4v) is 3.33. The Morgan fingerprint density at radius 1 is 1.17 bits per heavy atom. The van der Waals surface area contributed by atoms with Crippen LogP contribution >= 0.6 is 0 Å². The average molecular weight is 508 g/mol. The molecule has 0 radical (unpaired) electrons. The van der Waals surface area contributed by atoms with Gasteiger partial charge < -0.3 is 20.3 Å². The van der Waals surface area contributed by atoms with E-state index in [1.54, 1.807) is 0 Å². The second kappa shape index (κ2) is 9.96. The van der Waals surface area contributed by atoms with Crippen LogP contribution in [0.15, 0.2) is 36.4 Å². The number of halogens is 7. The number of pyridine rings is 1. The molecular formula is C21H19F7N4O3. The van der Waals surface area contributed by atoms with Gasteiger partial charge in [0.1, 0.15) is 11.8 Å². The minimum atomic E-state index is -5.12. The minimum Gasteiger partial charge on any atom is -0.484 e. The molecule has 2 N–H and O–H groups in total. The summed E-state index contributed by atoms with van der Waals surface area (Å²) in [4.78, 5) is 29.3. The highest BCUT2D eigenvalue weighted by atomic mass is 19.4. The highest BCUT2D eigenvalue weighted by Crippen LogP contribution is 2.32. The van der Waals surface area contributed by atoms with Gasteiger partial charge >= 0.3 is 18.4 Å². The van der Waals surface area contributed by atoms with Crippen molar-refractivity contribution in [1.82, 2.24) is 20.5 Å². The number of aromatic nitrogens is 1. The molecule has 14 heteroatoms. The van der Waals surface area contributed by atoms with Crippen molar-refractivity contribution in [3.8, 4) is 5.75 Å². The molecule has 35 heavy (non-hydrogen) atoms. The Labute approximate surface area is 194 Å². The molecule has 1 saturated heterocycles. The van der Waals surface area contributed by atoms with Gasteiger partial charge in [-0.05, 0) is 36.8 Å². The van der Waals surface area contributed by atoms with Crippen LogP contribution in [-0.4, -0.2) is 53.7 Å². The van der Waals surface area contributed by atoms with Gasteiger partial charge in [-0.1, -0.05) is 12.1 Å². The zero-order valence-electron chi connectivity index (χ0n) is 18.0. The van der Waals surface area contributed by atoms with E-state index in [9.17, 15) is 40.3 Å². The number of amides is 3. The number of alkyl halides is 6. The summed E-state index contributed by atoms with van der Waals surface area (Å²) in [5.74, 6) is -2.24. The molecule has 0 bridgehead atoms. The maximum Gasteiger partial charge on any atom is 0.436 e. The quantitative estimate of drug-likeness (QED) is 0.602. The van der Waals surface area contributed by atoms with Crippen molar-refractivity contribution in [2.75, 3.05) is 19.7 Å². The van der Waals surface area contributed by atoms with E-state index in [0.29, 0.717) is 6.07 Å². The molecule has 190 valence electrons. The van der Waals surface area contributed by atoms with E-state index in [0.717, 1.165) is 23.1 Å². The zero-order chi connectivity index (χ0) is 26.0. The predicted molar refractivity (Wildman–Crippen MR) is 107 cm³/mol. The van der Waals surface area contributed by atoms with Crippen molar-refractivity contribution in [3.63, 3.8) is 0 Å². The van der Waals surface area contributed by atoms with Crippen molar-refractivity contribution in [2.45, 2.75) is 31.4 Å². The summed E-state index contributed by atoms with van der Waals surface area (Å²) >= 11 is 0. The smallest absolute Gasteiger partial charge is 0.436 e. The number of rotatable bonds is 5. The van der Waals surface area contributed by atoms with Gasteiger partial charge in [0.2, 0.25) is 5.91 Å². The lowest BCUT2D eigenvalue weighted by molar-refractivity contribution is -0.153. The first-order chi connectivity index (χ1) is 16.3. The monoisotopic (exact) mass is 508 g/mol. The van der Waals surface area contributed by atoms with Gasteiger partial charge in [0.25, 0.3) is 0 Å². The summed E-state index contributed by atoms with van der Waals surface area (Å²) in [6.07, 6.45) is -9.71. The molecule has 0 unspecified atom stereocenters. The largest absolute Gasteiger partial charge is 0.484 e. The molecule has 1 aliphatic rings. The van der Waals surface area contributed by atoms with Crippen LogP contribution in [0.5, 0.6) is 5.75 Å². The van der Waals surface area contributed by atoms with Crippen LogP contribution in [0.2, 0.25) is 0 Å². The lowest BCUT2D eigenvalue weighted by Gasteiger charge is -2.34. The highest BCUT2D eigenvalue weighted by molar-refractivity contribution is 5.88. The Bertz CT molecular complexity index is 1070. The molecule has 1 aromatic heterocycles. The summed E-state index contributed by atoms with van der Waals surface area (Å²) in [7, 11) is 0. The molecule has 1 fully saturated rings. The molecule has 1 aliphatic heterocycles. The first-order valence-electron chi connectivity index (χ1n) is 10.1. The van der Waals surface area contributed by atoms with E-state index >= 15 is 0 Å². The fraction of sp³-hybridized carbons (Fsp3) is 0.381. The molecule has 7 nitrogen and oxygen atoms in total. The van der Waals surface area contributed by atoms with Crippen LogP contribution in [-0.2, 0) is 11.0 Å². The Kier molecular flexibility index (Phi) is 7.41. The minimum absolute atomic E-state index is 0.111. The second-order valence-electron chi connectivity index (χ2n) is 7.58. The molecule has 0 aliphatic carbocycles. The topological polar surface area (TPSA) is 83.6 Å². The van der Waals surface area contributed by atoms with E-state index in [-0.39, 0.29) is 30.1 Å². The third kappa shape index (κ3) is 6.51. The number of ether oxygens (including phenoxy) is 1. The van der Waals surface area contributed by atoms with Crippen LogP contribution in [0.4, 0.5) is 35.5 Å². The molecule has 2 aromatic rings. The normalized spacial score (nSPS) is 17.5. The molecule has 0 saturated carbocycles. The summed E-state index contributed by atoms with van der Waals surface area (Å²) in [6.45, 7) is 0.156. The van der Waals surface area contributed by atoms with Gasteiger partial charge in [0.05, 0.1) is 11.7 Å². The third-order valence-electron chi connectivity index (χ3n) is 5.08.